The van der Waals surface area contributed by atoms with Crippen LogP contribution in [0.25, 0.3) is 16.2 Å². The molecule has 0 spiro atoms. The summed E-state index contributed by atoms with van der Waals surface area (Å²) in [6, 6.07) is 16.0. The van der Waals surface area contributed by atoms with E-state index in [2.05, 4.69) is 10.2 Å². The summed E-state index contributed by atoms with van der Waals surface area (Å²) in [5.74, 6) is -0.993. The minimum atomic E-state index is -0.536. The maximum atomic E-state index is 13.1. The predicted molar refractivity (Wildman–Crippen MR) is 105 cm³/mol. The van der Waals surface area contributed by atoms with Crippen molar-refractivity contribution >= 4 is 33.8 Å². The van der Waals surface area contributed by atoms with E-state index >= 15 is 0 Å². The SMILES string of the molecule is Cc1cccc(N2C(=O)c3sc4nnc(-c5ccccc5)c(=O)n4c3C2=O)c1. The van der Waals surface area contributed by atoms with Gasteiger partial charge in [0.1, 0.15) is 10.6 Å². The lowest BCUT2D eigenvalue weighted by atomic mass is 10.2. The molecule has 1 aliphatic rings. The Balaban J connectivity index is 1.73. The Labute approximate surface area is 162 Å². The molecule has 8 heteroatoms. The normalized spacial score (nSPS) is 13.4. The predicted octanol–water partition coefficient (Wildman–Crippen LogP) is 2.93. The van der Waals surface area contributed by atoms with Crippen LogP contribution >= 0.6 is 11.3 Å². The number of carbonyl (C=O) groups is 2. The van der Waals surface area contributed by atoms with Crippen LogP contribution in [0, 0.1) is 6.92 Å². The minimum Gasteiger partial charge on any atom is -0.267 e. The van der Waals surface area contributed by atoms with Crippen LogP contribution in [0.15, 0.2) is 59.4 Å². The highest BCUT2D eigenvalue weighted by Crippen LogP contribution is 2.33. The van der Waals surface area contributed by atoms with Gasteiger partial charge in [-0.15, -0.1) is 10.2 Å². The van der Waals surface area contributed by atoms with Crippen molar-refractivity contribution in [2.24, 2.45) is 0 Å². The van der Waals surface area contributed by atoms with Crippen LogP contribution in [-0.4, -0.2) is 26.4 Å². The van der Waals surface area contributed by atoms with E-state index in [1.54, 1.807) is 42.5 Å². The Hall–Kier alpha value is -3.65. The summed E-state index contributed by atoms with van der Waals surface area (Å²) >= 11 is 0.996. The topological polar surface area (TPSA) is 84.6 Å². The molecule has 0 saturated carbocycles. The number of benzene rings is 2. The van der Waals surface area contributed by atoms with E-state index in [9.17, 15) is 14.4 Å². The molecular formula is C20H12N4O3S. The van der Waals surface area contributed by atoms with Gasteiger partial charge in [0.05, 0.1) is 5.69 Å². The molecule has 0 bridgehead atoms. The summed E-state index contributed by atoms with van der Waals surface area (Å²) in [6.45, 7) is 1.88. The van der Waals surface area contributed by atoms with Crippen LogP contribution < -0.4 is 10.5 Å². The van der Waals surface area contributed by atoms with Gasteiger partial charge >= 0.3 is 0 Å². The Morgan fingerprint density at radius 3 is 2.43 bits per heavy atom. The third-order valence-corrected chi connectivity index (χ3v) is 5.59. The lowest BCUT2D eigenvalue weighted by Crippen LogP contribution is -2.31. The molecule has 7 nitrogen and oxygen atoms in total. The zero-order valence-corrected chi connectivity index (χ0v) is 15.4. The number of amides is 2. The molecule has 28 heavy (non-hydrogen) atoms. The van der Waals surface area contributed by atoms with Crippen LogP contribution in [0.5, 0.6) is 0 Å². The Bertz CT molecular complexity index is 1340. The summed E-state index contributed by atoms with van der Waals surface area (Å²) in [7, 11) is 0. The third kappa shape index (κ3) is 2.25. The van der Waals surface area contributed by atoms with Gasteiger partial charge in [0.2, 0.25) is 4.96 Å². The van der Waals surface area contributed by atoms with E-state index in [1.807, 2.05) is 19.1 Å². The molecule has 0 unspecified atom stereocenters. The van der Waals surface area contributed by atoms with Crippen molar-refractivity contribution in [2.75, 3.05) is 4.90 Å². The zero-order chi connectivity index (χ0) is 19.4. The van der Waals surface area contributed by atoms with Gasteiger partial charge in [-0.3, -0.25) is 14.4 Å². The third-order valence-electron chi connectivity index (χ3n) is 4.57. The fourth-order valence-corrected chi connectivity index (χ4v) is 4.28. The summed E-state index contributed by atoms with van der Waals surface area (Å²) < 4.78 is 1.20. The van der Waals surface area contributed by atoms with E-state index in [1.165, 1.54) is 4.40 Å². The summed E-state index contributed by atoms with van der Waals surface area (Å²) in [6.07, 6.45) is 0. The molecular weight excluding hydrogens is 376 g/mol. The highest BCUT2D eigenvalue weighted by molar-refractivity contribution is 7.19. The number of aromatic nitrogens is 3. The maximum Gasteiger partial charge on any atom is 0.286 e. The first kappa shape index (κ1) is 16.5. The fraction of sp³-hybridized carbons (Fsp3) is 0.0500. The van der Waals surface area contributed by atoms with Crippen LogP contribution in [0.2, 0.25) is 0 Å². The molecule has 3 heterocycles. The largest absolute Gasteiger partial charge is 0.286 e. The molecule has 0 saturated heterocycles. The molecule has 2 aromatic carbocycles. The average molecular weight is 388 g/mol. The number of aryl methyl sites for hydroxylation is 1. The first-order valence-electron chi connectivity index (χ1n) is 8.49. The number of thiazole rings is 1. The number of anilines is 1. The highest BCUT2D eigenvalue weighted by atomic mass is 32.1. The van der Waals surface area contributed by atoms with Crippen LogP contribution in [-0.2, 0) is 0 Å². The second-order valence-electron chi connectivity index (χ2n) is 6.40. The smallest absolute Gasteiger partial charge is 0.267 e. The molecule has 1 aliphatic heterocycles. The molecule has 0 radical (unpaired) electrons. The van der Waals surface area contributed by atoms with E-state index in [-0.39, 0.29) is 21.2 Å². The molecule has 136 valence electrons. The molecule has 0 N–H and O–H groups in total. The number of hydrogen-bond acceptors (Lipinski definition) is 6. The maximum absolute atomic E-state index is 13.1. The Kier molecular flexibility index (Phi) is 3.50. The second-order valence-corrected chi connectivity index (χ2v) is 7.38. The Morgan fingerprint density at radius 2 is 1.68 bits per heavy atom. The van der Waals surface area contributed by atoms with E-state index in [4.69, 9.17) is 0 Å². The van der Waals surface area contributed by atoms with Crippen molar-refractivity contribution < 1.29 is 9.59 Å². The number of nitrogens with zero attached hydrogens (tertiary/aromatic N) is 4. The molecule has 0 fully saturated rings. The van der Waals surface area contributed by atoms with Gasteiger partial charge < -0.3 is 0 Å². The highest BCUT2D eigenvalue weighted by Gasteiger charge is 2.42. The van der Waals surface area contributed by atoms with Gasteiger partial charge in [0.15, 0.2) is 5.69 Å². The lowest BCUT2D eigenvalue weighted by molar-refractivity contribution is 0.0925. The number of carbonyl (C=O) groups excluding carboxylic acids is 2. The van der Waals surface area contributed by atoms with Crippen molar-refractivity contribution in [3.05, 3.63) is 81.1 Å². The first-order chi connectivity index (χ1) is 13.6. The average Bonchev–Trinajstić information content (AvgIpc) is 3.19. The van der Waals surface area contributed by atoms with Crippen LogP contribution in [0.3, 0.4) is 0 Å². The number of imide groups is 1. The van der Waals surface area contributed by atoms with Gasteiger partial charge in [-0.05, 0) is 24.6 Å². The van der Waals surface area contributed by atoms with E-state index < -0.39 is 17.4 Å². The summed E-state index contributed by atoms with van der Waals surface area (Å²) in [5.41, 5.74) is 1.71. The van der Waals surface area contributed by atoms with Crippen molar-refractivity contribution in [2.45, 2.75) is 6.92 Å². The van der Waals surface area contributed by atoms with Crippen LogP contribution in [0.1, 0.15) is 25.7 Å². The molecule has 0 aliphatic carbocycles. The van der Waals surface area contributed by atoms with Crippen molar-refractivity contribution in [1.29, 1.82) is 0 Å². The summed E-state index contributed by atoms with van der Waals surface area (Å²) in [5, 5.41) is 8.09. The van der Waals surface area contributed by atoms with E-state index in [0.29, 0.717) is 11.3 Å². The quantitative estimate of drug-likeness (QED) is 0.493. The lowest BCUT2D eigenvalue weighted by Gasteiger charge is -2.14. The molecule has 2 aromatic heterocycles. The molecule has 5 rings (SSSR count). The Morgan fingerprint density at radius 1 is 0.893 bits per heavy atom. The van der Waals surface area contributed by atoms with Gasteiger partial charge in [0.25, 0.3) is 17.4 Å². The van der Waals surface area contributed by atoms with Crippen molar-refractivity contribution in [1.82, 2.24) is 14.6 Å². The molecule has 4 aromatic rings. The van der Waals surface area contributed by atoms with Crippen molar-refractivity contribution in [3.63, 3.8) is 0 Å². The molecule has 2 amide bonds. The second kappa shape index (κ2) is 5.93. The van der Waals surface area contributed by atoms with Gasteiger partial charge in [-0.25, -0.2) is 9.30 Å². The number of hydrogen-bond donors (Lipinski definition) is 0. The minimum absolute atomic E-state index is 0.0450. The number of rotatable bonds is 2. The standard InChI is InChI=1S/C20H12N4O3S/c1-11-6-5-9-13(10-11)23-18(26)15-16(19(23)27)28-20-22-21-14(17(25)24(15)20)12-7-3-2-4-8-12/h2-10H,1H3. The summed E-state index contributed by atoms with van der Waals surface area (Å²) in [4.78, 5) is 40.6. The zero-order valence-electron chi connectivity index (χ0n) is 14.6. The van der Waals surface area contributed by atoms with E-state index in [0.717, 1.165) is 21.8 Å². The van der Waals surface area contributed by atoms with Gasteiger partial charge in [-0.2, -0.15) is 0 Å². The van der Waals surface area contributed by atoms with Gasteiger partial charge in [0, 0.05) is 5.56 Å². The number of fused-ring (bicyclic) bond motifs is 3. The fourth-order valence-electron chi connectivity index (χ4n) is 3.29. The first-order valence-corrected chi connectivity index (χ1v) is 9.31. The monoisotopic (exact) mass is 388 g/mol. The van der Waals surface area contributed by atoms with Gasteiger partial charge in [-0.1, -0.05) is 53.8 Å². The molecule has 0 atom stereocenters. The van der Waals surface area contributed by atoms with Crippen molar-refractivity contribution in [3.8, 4) is 11.3 Å². The van der Waals surface area contributed by atoms with Crippen LogP contribution in [0.4, 0.5) is 5.69 Å².